The van der Waals surface area contributed by atoms with Gasteiger partial charge in [-0.25, -0.2) is 0 Å². The number of unbranched alkanes of at least 4 members (excludes halogenated alkanes) is 52. The van der Waals surface area contributed by atoms with Crippen molar-refractivity contribution in [2.24, 2.45) is 0 Å². The molecule has 0 fully saturated rings. The number of aliphatic hydroxyl groups is 2. The molecule has 72 heavy (non-hydrogen) atoms. The molecule has 2 unspecified atom stereocenters. The second kappa shape index (κ2) is 62.4. The van der Waals surface area contributed by atoms with E-state index in [0.29, 0.717) is 25.9 Å². The van der Waals surface area contributed by atoms with Crippen molar-refractivity contribution in [2.45, 2.75) is 398 Å². The molecule has 0 aromatic heterocycles. The predicted octanol–water partition coefficient (Wildman–Crippen LogP) is 21.0. The van der Waals surface area contributed by atoms with Gasteiger partial charge >= 0.3 is 5.97 Å². The summed E-state index contributed by atoms with van der Waals surface area (Å²) >= 11 is 0. The van der Waals surface area contributed by atoms with Crippen LogP contribution in [0.4, 0.5) is 0 Å². The summed E-state index contributed by atoms with van der Waals surface area (Å²) in [7, 11) is 0. The zero-order valence-electron chi connectivity index (χ0n) is 49.2. The number of nitrogens with one attached hydrogen (secondary N) is 1. The van der Waals surface area contributed by atoms with Crippen LogP contribution in [0.1, 0.15) is 386 Å². The van der Waals surface area contributed by atoms with Crippen LogP contribution in [0.5, 0.6) is 0 Å². The molecule has 0 aliphatic carbocycles. The molecule has 6 nitrogen and oxygen atoms in total. The van der Waals surface area contributed by atoms with Gasteiger partial charge in [0, 0.05) is 12.8 Å². The van der Waals surface area contributed by atoms with Crippen molar-refractivity contribution >= 4 is 11.9 Å². The van der Waals surface area contributed by atoms with Gasteiger partial charge in [-0.1, -0.05) is 348 Å². The molecule has 3 N–H and O–H groups in total. The summed E-state index contributed by atoms with van der Waals surface area (Å²) in [4.78, 5) is 24.5. The molecule has 1 amide bonds. The maximum atomic E-state index is 12.5. The first-order valence-corrected chi connectivity index (χ1v) is 33.3. The van der Waals surface area contributed by atoms with E-state index in [1.54, 1.807) is 0 Å². The van der Waals surface area contributed by atoms with Gasteiger partial charge in [-0.3, -0.25) is 9.59 Å². The number of carbonyl (C=O) groups excluding carboxylic acids is 2. The molecule has 0 aromatic rings. The van der Waals surface area contributed by atoms with E-state index in [2.05, 4.69) is 19.2 Å². The third kappa shape index (κ3) is 58.1. The Morgan fingerprint density at radius 3 is 0.847 bits per heavy atom. The van der Waals surface area contributed by atoms with Crippen LogP contribution in [0, 0.1) is 0 Å². The molecule has 0 bridgehead atoms. The van der Waals surface area contributed by atoms with Gasteiger partial charge in [-0.2, -0.15) is 0 Å². The topological polar surface area (TPSA) is 95.9 Å². The van der Waals surface area contributed by atoms with E-state index in [-0.39, 0.29) is 18.5 Å². The fourth-order valence-corrected chi connectivity index (χ4v) is 10.8. The Hall–Kier alpha value is -1.14. The van der Waals surface area contributed by atoms with Crippen molar-refractivity contribution in [3.05, 3.63) is 0 Å². The molecule has 0 rings (SSSR count). The molecule has 0 radical (unpaired) electrons. The SMILES string of the molecule is CCCCCCCCCCCCCCC(O)C(CO)NC(=O)CCCCCCCCCCCCCCCCCCCCCCCCCCCCCCCCCCOC(=O)CCCCCCCCCCCCC. The minimum atomic E-state index is -0.658. The number of rotatable bonds is 63. The third-order valence-electron chi connectivity index (χ3n) is 15.9. The molecule has 2 atom stereocenters. The monoisotopic (exact) mass is 1020 g/mol. The summed E-state index contributed by atoms with van der Waals surface area (Å²) in [6.45, 7) is 4.98. The van der Waals surface area contributed by atoms with Gasteiger partial charge in [-0.15, -0.1) is 0 Å². The Bertz CT molecular complexity index is 1040. The first-order valence-electron chi connectivity index (χ1n) is 33.3. The number of ether oxygens (including phenoxy) is 1. The van der Waals surface area contributed by atoms with Gasteiger partial charge in [-0.05, 0) is 25.7 Å². The minimum absolute atomic E-state index is 0.0217. The summed E-state index contributed by atoms with van der Waals surface area (Å²) in [5.74, 6) is -0.00672. The fourth-order valence-electron chi connectivity index (χ4n) is 10.8. The smallest absolute Gasteiger partial charge is 0.305 e. The van der Waals surface area contributed by atoms with E-state index in [1.165, 1.54) is 315 Å². The fraction of sp³-hybridized carbons (Fsp3) is 0.970. The quantitative estimate of drug-likeness (QED) is 0.0417. The van der Waals surface area contributed by atoms with E-state index < -0.39 is 12.1 Å². The molecule has 0 aromatic carbocycles. The largest absolute Gasteiger partial charge is 0.466 e. The highest BCUT2D eigenvalue weighted by molar-refractivity contribution is 5.76. The Labute approximate surface area is 451 Å². The molecular weight excluding hydrogens is 887 g/mol. The molecule has 430 valence electrons. The highest BCUT2D eigenvalue weighted by Crippen LogP contribution is 2.19. The molecule has 0 spiro atoms. The van der Waals surface area contributed by atoms with Gasteiger partial charge in [0.25, 0.3) is 0 Å². The molecule has 6 heteroatoms. The number of amides is 1. The highest BCUT2D eigenvalue weighted by atomic mass is 16.5. The van der Waals surface area contributed by atoms with Crippen molar-refractivity contribution in [2.75, 3.05) is 13.2 Å². The average molecular weight is 1020 g/mol. The van der Waals surface area contributed by atoms with E-state index in [4.69, 9.17) is 4.74 Å². The van der Waals surface area contributed by atoms with Crippen LogP contribution in [0.25, 0.3) is 0 Å². The lowest BCUT2D eigenvalue weighted by Crippen LogP contribution is -2.45. The first-order chi connectivity index (χ1) is 35.5. The van der Waals surface area contributed by atoms with Crippen LogP contribution < -0.4 is 5.32 Å². The second-order valence-corrected chi connectivity index (χ2v) is 23.2. The lowest BCUT2D eigenvalue weighted by molar-refractivity contribution is -0.143. The standard InChI is InChI=1S/C66H131NO5/c1-3-5-7-9-11-13-15-39-42-46-50-54-58-64(69)63(62-68)67-65(70)59-55-51-47-43-40-36-34-32-30-28-26-24-22-20-18-16-17-19-21-23-25-27-29-31-33-35-37-41-45-49-53-57-61-72-66(71)60-56-52-48-44-38-14-12-10-8-6-4-2/h63-64,68-69H,3-62H2,1-2H3,(H,67,70). The van der Waals surface area contributed by atoms with Gasteiger partial charge in [0.05, 0.1) is 25.4 Å². The van der Waals surface area contributed by atoms with Crippen molar-refractivity contribution in [3.63, 3.8) is 0 Å². The zero-order chi connectivity index (χ0) is 52.2. The lowest BCUT2D eigenvalue weighted by atomic mass is 10.0. The average Bonchev–Trinajstić information content (AvgIpc) is 3.38. The van der Waals surface area contributed by atoms with Crippen molar-refractivity contribution in [1.82, 2.24) is 5.32 Å². The second-order valence-electron chi connectivity index (χ2n) is 23.2. The Balaban J connectivity index is 3.29. The molecule has 0 aliphatic heterocycles. The number of aliphatic hydroxyl groups excluding tert-OH is 2. The summed E-state index contributed by atoms with van der Waals surface area (Å²) in [5.41, 5.74) is 0. The number of esters is 1. The molecule has 0 saturated carbocycles. The van der Waals surface area contributed by atoms with Crippen LogP contribution in [0.3, 0.4) is 0 Å². The van der Waals surface area contributed by atoms with Crippen LogP contribution in [0.15, 0.2) is 0 Å². The van der Waals surface area contributed by atoms with Crippen LogP contribution in [0.2, 0.25) is 0 Å². The van der Waals surface area contributed by atoms with Gasteiger partial charge in [0.15, 0.2) is 0 Å². The molecular formula is C66H131NO5. The van der Waals surface area contributed by atoms with E-state index in [0.717, 1.165) is 38.5 Å². The lowest BCUT2D eigenvalue weighted by Gasteiger charge is -2.22. The number of carbonyl (C=O) groups is 2. The molecule has 0 saturated heterocycles. The van der Waals surface area contributed by atoms with Crippen LogP contribution in [-0.4, -0.2) is 47.4 Å². The molecule has 0 aliphatic rings. The Morgan fingerprint density at radius 1 is 0.333 bits per heavy atom. The van der Waals surface area contributed by atoms with Gasteiger partial charge in [0.1, 0.15) is 0 Å². The Kier molecular flexibility index (Phi) is 61.4. The predicted molar refractivity (Wildman–Crippen MR) is 315 cm³/mol. The van der Waals surface area contributed by atoms with Crippen molar-refractivity contribution in [3.8, 4) is 0 Å². The molecule has 0 heterocycles. The minimum Gasteiger partial charge on any atom is -0.466 e. The van der Waals surface area contributed by atoms with Crippen molar-refractivity contribution < 1.29 is 24.5 Å². The van der Waals surface area contributed by atoms with Crippen molar-refractivity contribution in [1.29, 1.82) is 0 Å². The summed E-state index contributed by atoms with van der Waals surface area (Å²) < 4.78 is 5.48. The van der Waals surface area contributed by atoms with Crippen LogP contribution >= 0.6 is 0 Å². The summed E-state index contributed by atoms with van der Waals surface area (Å²) in [6.07, 6.45) is 74.4. The van der Waals surface area contributed by atoms with E-state index in [1.807, 2.05) is 0 Å². The third-order valence-corrected chi connectivity index (χ3v) is 15.9. The van der Waals surface area contributed by atoms with E-state index >= 15 is 0 Å². The highest BCUT2D eigenvalue weighted by Gasteiger charge is 2.20. The zero-order valence-corrected chi connectivity index (χ0v) is 49.2. The number of hydrogen-bond donors (Lipinski definition) is 3. The normalized spacial score (nSPS) is 12.4. The van der Waals surface area contributed by atoms with Crippen LogP contribution in [-0.2, 0) is 14.3 Å². The summed E-state index contributed by atoms with van der Waals surface area (Å²) in [5, 5.41) is 23.2. The maximum Gasteiger partial charge on any atom is 0.305 e. The first kappa shape index (κ1) is 70.9. The summed E-state index contributed by atoms with van der Waals surface area (Å²) in [6, 6.07) is -0.535. The van der Waals surface area contributed by atoms with Gasteiger partial charge < -0.3 is 20.3 Å². The maximum absolute atomic E-state index is 12.5. The number of hydrogen-bond acceptors (Lipinski definition) is 5. The Morgan fingerprint density at radius 2 is 0.569 bits per heavy atom. The van der Waals surface area contributed by atoms with Gasteiger partial charge in [0.2, 0.25) is 5.91 Å². The van der Waals surface area contributed by atoms with E-state index in [9.17, 15) is 19.8 Å².